The number of hydrogen-bond acceptors (Lipinski definition) is 3. The molecular formula is C18H20N2O2. The molecule has 2 rings (SSSR count). The predicted octanol–water partition coefficient (Wildman–Crippen LogP) is 2.93. The van der Waals surface area contributed by atoms with Gasteiger partial charge >= 0.3 is 0 Å². The zero-order chi connectivity index (χ0) is 15.9. The standard InChI is InChI=1S/C18H20N2O2/c1-13-4-3-5-15(10-13)11-19-12-18(22)20-17-8-6-16(7-9-17)14(2)21/h3-10,19H,11-12H2,1-2H3,(H,20,22). The van der Waals surface area contributed by atoms with Crippen molar-refractivity contribution in [2.24, 2.45) is 0 Å². The third kappa shape index (κ3) is 4.82. The summed E-state index contributed by atoms with van der Waals surface area (Å²) in [6.07, 6.45) is 0. The highest BCUT2D eigenvalue weighted by Gasteiger charge is 2.03. The topological polar surface area (TPSA) is 58.2 Å². The largest absolute Gasteiger partial charge is 0.325 e. The van der Waals surface area contributed by atoms with Crippen LogP contribution >= 0.6 is 0 Å². The average molecular weight is 296 g/mol. The highest BCUT2D eigenvalue weighted by molar-refractivity contribution is 5.96. The van der Waals surface area contributed by atoms with Crippen molar-refractivity contribution in [3.05, 3.63) is 65.2 Å². The summed E-state index contributed by atoms with van der Waals surface area (Å²) in [4.78, 5) is 23.0. The Kier molecular flexibility index (Phi) is 5.44. The Bertz CT molecular complexity index is 663. The van der Waals surface area contributed by atoms with Crippen LogP contribution in [-0.4, -0.2) is 18.2 Å². The molecule has 0 aliphatic heterocycles. The number of amides is 1. The molecule has 0 heterocycles. The van der Waals surface area contributed by atoms with Gasteiger partial charge in [-0.05, 0) is 43.7 Å². The third-order valence-electron chi connectivity index (χ3n) is 3.27. The molecule has 0 unspecified atom stereocenters. The molecule has 0 saturated carbocycles. The zero-order valence-electron chi connectivity index (χ0n) is 12.8. The molecule has 0 spiro atoms. The van der Waals surface area contributed by atoms with Crippen molar-refractivity contribution in [2.75, 3.05) is 11.9 Å². The molecule has 2 aromatic carbocycles. The molecule has 0 aromatic heterocycles. The van der Waals surface area contributed by atoms with E-state index in [1.165, 1.54) is 12.5 Å². The number of benzene rings is 2. The van der Waals surface area contributed by atoms with Crippen LogP contribution in [0.2, 0.25) is 0 Å². The van der Waals surface area contributed by atoms with Crippen LogP contribution in [0.3, 0.4) is 0 Å². The monoisotopic (exact) mass is 296 g/mol. The minimum Gasteiger partial charge on any atom is -0.325 e. The van der Waals surface area contributed by atoms with Gasteiger partial charge in [0.25, 0.3) is 0 Å². The van der Waals surface area contributed by atoms with Crippen LogP contribution in [0.25, 0.3) is 0 Å². The van der Waals surface area contributed by atoms with Crippen LogP contribution < -0.4 is 10.6 Å². The van der Waals surface area contributed by atoms with Gasteiger partial charge < -0.3 is 10.6 Å². The maximum absolute atomic E-state index is 11.8. The van der Waals surface area contributed by atoms with Crippen molar-refractivity contribution in [3.63, 3.8) is 0 Å². The fraction of sp³-hybridized carbons (Fsp3) is 0.222. The Morgan fingerprint density at radius 1 is 1.05 bits per heavy atom. The molecule has 4 nitrogen and oxygen atoms in total. The Labute approximate surface area is 130 Å². The molecule has 0 aliphatic carbocycles. The summed E-state index contributed by atoms with van der Waals surface area (Å²) >= 11 is 0. The van der Waals surface area contributed by atoms with Crippen LogP contribution in [0, 0.1) is 6.92 Å². The minimum absolute atomic E-state index is 0.0118. The van der Waals surface area contributed by atoms with E-state index < -0.39 is 0 Å². The summed E-state index contributed by atoms with van der Waals surface area (Å²) in [6, 6.07) is 15.0. The molecule has 0 fully saturated rings. The summed E-state index contributed by atoms with van der Waals surface area (Å²) in [5.41, 5.74) is 3.68. The number of anilines is 1. The molecule has 2 N–H and O–H groups in total. The highest BCUT2D eigenvalue weighted by Crippen LogP contribution is 2.09. The van der Waals surface area contributed by atoms with Crippen molar-refractivity contribution < 1.29 is 9.59 Å². The van der Waals surface area contributed by atoms with Crippen molar-refractivity contribution >= 4 is 17.4 Å². The minimum atomic E-state index is -0.108. The number of Topliss-reactive ketones (excluding diaryl/α,β-unsaturated/α-hetero) is 1. The van der Waals surface area contributed by atoms with E-state index in [2.05, 4.69) is 16.7 Å². The third-order valence-corrected chi connectivity index (χ3v) is 3.27. The maximum Gasteiger partial charge on any atom is 0.238 e. The normalized spacial score (nSPS) is 10.3. The lowest BCUT2D eigenvalue weighted by Crippen LogP contribution is -2.27. The number of rotatable bonds is 6. The van der Waals surface area contributed by atoms with E-state index >= 15 is 0 Å². The Balaban J connectivity index is 1.79. The van der Waals surface area contributed by atoms with Gasteiger partial charge in [0.15, 0.2) is 5.78 Å². The molecule has 0 atom stereocenters. The number of carbonyl (C=O) groups excluding carboxylic acids is 2. The second-order valence-corrected chi connectivity index (χ2v) is 5.27. The van der Waals surface area contributed by atoms with Gasteiger partial charge in [-0.25, -0.2) is 0 Å². The van der Waals surface area contributed by atoms with Gasteiger partial charge in [-0.3, -0.25) is 9.59 Å². The van der Waals surface area contributed by atoms with Crippen molar-refractivity contribution in [1.29, 1.82) is 0 Å². The number of hydrogen-bond donors (Lipinski definition) is 2. The van der Waals surface area contributed by atoms with E-state index in [0.717, 1.165) is 5.56 Å². The Hall–Kier alpha value is -2.46. The smallest absolute Gasteiger partial charge is 0.238 e. The van der Waals surface area contributed by atoms with Crippen LogP contribution in [0.4, 0.5) is 5.69 Å². The van der Waals surface area contributed by atoms with Crippen LogP contribution in [0.1, 0.15) is 28.4 Å². The molecular weight excluding hydrogens is 276 g/mol. The second-order valence-electron chi connectivity index (χ2n) is 5.27. The van der Waals surface area contributed by atoms with Gasteiger partial charge in [0.2, 0.25) is 5.91 Å². The molecule has 114 valence electrons. The van der Waals surface area contributed by atoms with Gasteiger partial charge in [0.1, 0.15) is 0 Å². The summed E-state index contributed by atoms with van der Waals surface area (Å²) in [5, 5.41) is 5.91. The van der Waals surface area contributed by atoms with Gasteiger partial charge in [-0.2, -0.15) is 0 Å². The van der Waals surface area contributed by atoms with E-state index in [-0.39, 0.29) is 18.2 Å². The second kappa shape index (κ2) is 7.52. The predicted molar refractivity (Wildman–Crippen MR) is 88.0 cm³/mol. The lowest BCUT2D eigenvalue weighted by atomic mass is 10.1. The Morgan fingerprint density at radius 3 is 2.41 bits per heavy atom. The zero-order valence-corrected chi connectivity index (χ0v) is 12.8. The molecule has 4 heteroatoms. The molecule has 2 aromatic rings. The fourth-order valence-corrected chi connectivity index (χ4v) is 2.14. The first-order valence-electron chi connectivity index (χ1n) is 7.22. The summed E-state index contributed by atoms with van der Waals surface area (Å²) in [7, 11) is 0. The van der Waals surface area contributed by atoms with Gasteiger partial charge in [-0.15, -0.1) is 0 Å². The molecule has 0 aliphatic rings. The van der Waals surface area contributed by atoms with Crippen LogP contribution in [0.15, 0.2) is 48.5 Å². The molecule has 0 saturated heterocycles. The van der Waals surface area contributed by atoms with Crippen molar-refractivity contribution in [2.45, 2.75) is 20.4 Å². The lowest BCUT2D eigenvalue weighted by molar-refractivity contribution is -0.115. The first kappa shape index (κ1) is 15.9. The molecule has 1 amide bonds. The SMILES string of the molecule is CC(=O)c1ccc(NC(=O)CNCc2cccc(C)c2)cc1. The molecule has 0 bridgehead atoms. The number of nitrogens with one attached hydrogen (secondary N) is 2. The first-order valence-corrected chi connectivity index (χ1v) is 7.22. The van der Waals surface area contributed by atoms with Crippen molar-refractivity contribution in [3.8, 4) is 0 Å². The van der Waals surface area contributed by atoms with Crippen LogP contribution in [0.5, 0.6) is 0 Å². The fourth-order valence-electron chi connectivity index (χ4n) is 2.14. The lowest BCUT2D eigenvalue weighted by Gasteiger charge is -2.08. The summed E-state index contributed by atoms with van der Waals surface area (Å²) in [6.45, 7) is 4.45. The van der Waals surface area contributed by atoms with Gasteiger partial charge in [0.05, 0.1) is 6.54 Å². The van der Waals surface area contributed by atoms with E-state index in [9.17, 15) is 9.59 Å². The number of aryl methyl sites for hydroxylation is 1. The Morgan fingerprint density at radius 2 is 1.77 bits per heavy atom. The molecule has 22 heavy (non-hydrogen) atoms. The summed E-state index contributed by atoms with van der Waals surface area (Å²) < 4.78 is 0. The van der Waals surface area contributed by atoms with E-state index in [1.54, 1.807) is 24.3 Å². The van der Waals surface area contributed by atoms with Crippen LogP contribution in [-0.2, 0) is 11.3 Å². The highest BCUT2D eigenvalue weighted by atomic mass is 16.2. The quantitative estimate of drug-likeness (QED) is 0.806. The maximum atomic E-state index is 11.8. The molecule has 0 radical (unpaired) electrons. The number of ketones is 1. The average Bonchev–Trinajstić information content (AvgIpc) is 2.48. The van der Waals surface area contributed by atoms with E-state index in [0.29, 0.717) is 17.8 Å². The van der Waals surface area contributed by atoms with Gasteiger partial charge in [0, 0.05) is 17.8 Å². The number of carbonyl (C=O) groups is 2. The van der Waals surface area contributed by atoms with Gasteiger partial charge in [-0.1, -0.05) is 29.8 Å². The van der Waals surface area contributed by atoms with Crippen molar-refractivity contribution in [1.82, 2.24) is 5.32 Å². The first-order chi connectivity index (χ1) is 10.5. The van der Waals surface area contributed by atoms with E-state index in [1.807, 2.05) is 25.1 Å². The van der Waals surface area contributed by atoms with E-state index in [4.69, 9.17) is 0 Å². The summed E-state index contributed by atoms with van der Waals surface area (Å²) in [5.74, 6) is -0.0964.